The Labute approximate surface area is 174 Å². The van der Waals surface area contributed by atoms with Gasteiger partial charge in [0.2, 0.25) is 0 Å². The van der Waals surface area contributed by atoms with Gasteiger partial charge in [-0.25, -0.2) is 9.78 Å². The van der Waals surface area contributed by atoms with Crippen LogP contribution in [0, 0.1) is 0 Å². The molecule has 1 fully saturated rings. The number of hydrogen-bond acceptors (Lipinski definition) is 6. The van der Waals surface area contributed by atoms with Crippen LogP contribution in [0.15, 0.2) is 42.6 Å². The number of hydrogen-bond donors (Lipinski definition) is 2. The zero-order valence-corrected chi connectivity index (χ0v) is 16.7. The first-order chi connectivity index (χ1) is 14.6. The van der Waals surface area contributed by atoms with Crippen molar-refractivity contribution in [1.82, 2.24) is 14.8 Å². The Hall–Kier alpha value is -3.39. The van der Waals surface area contributed by atoms with Gasteiger partial charge in [0.25, 0.3) is 0 Å². The number of carbonyl (C=O) groups is 1. The first-order valence-corrected chi connectivity index (χ1v) is 9.88. The summed E-state index contributed by atoms with van der Waals surface area (Å²) >= 11 is 0. The van der Waals surface area contributed by atoms with E-state index in [1.54, 1.807) is 13.3 Å². The number of fused-ring (bicyclic) bond motifs is 1. The zero-order chi connectivity index (χ0) is 20.9. The topological polar surface area (TPSA) is 98.5 Å². The van der Waals surface area contributed by atoms with Crippen LogP contribution in [0.1, 0.15) is 24.1 Å². The standard InChI is InChI=1S/C22H24N4O4/c1-29-17-4-2-15(3-5-17)14-26-19-8-11-23-22(24-16-9-12-30-13-10-16)21(19)18(25-26)6-7-20(27)28/h2-8,11,16H,9-10,12-14H2,1H3,(H,23,24)(H,27,28)/b7-6+. The van der Waals surface area contributed by atoms with Crippen molar-refractivity contribution in [3.05, 3.63) is 53.9 Å². The molecule has 0 amide bonds. The van der Waals surface area contributed by atoms with Crippen molar-refractivity contribution in [1.29, 1.82) is 0 Å². The van der Waals surface area contributed by atoms with Crippen molar-refractivity contribution in [2.45, 2.75) is 25.4 Å². The highest BCUT2D eigenvalue weighted by Crippen LogP contribution is 2.28. The minimum absolute atomic E-state index is 0.262. The summed E-state index contributed by atoms with van der Waals surface area (Å²) in [5.74, 6) is 0.488. The second-order valence-corrected chi connectivity index (χ2v) is 7.15. The van der Waals surface area contributed by atoms with Crippen molar-refractivity contribution < 1.29 is 19.4 Å². The van der Waals surface area contributed by atoms with Gasteiger partial charge in [0.15, 0.2) is 0 Å². The van der Waals surface area contributed by atoms with Crippen LogP contribution < -0.4 is 10.1 Å². The fourth-order valence-electron chi connectivity index (χ4n) is 3.59. The molecule has 8 heteroatoms. The van der Waals surface area contributed by atoms with Gasteiger partial charge in [0, 0.05) is 31.5 Å². The molecule has 3 heterocycles. The molecule has 2 N–H and O–H groups in total. The molecular weight excluding hydrogens is 384 g/mol. The lowest BCUT2D eigenvalue weighted by atomic mass is 10.1. The van der Waals surface area contributed by atoms with Crippen LogP contribution in [0.2, 0.25) is 0 Å². The van der Waals surface area contributed by atoms with Crippen molar-refractivity contribution in [3.63, 3.8) is 0 Å². The highest BCUT2D eigenvalue weighted by atomic mass is 16.5. The minimum atomic E-state index is -1.02. The smallest absolute Gasteiger partial charge is 0.328 e. The maximum absolute atomic E-state index is 11.1. The molecule has 8 nitrogen and oxygen atoms in total. The number of anilines is 1. The summed E-state index contributed by atoms with van der Waals surface area (Å²) in [6.45, 7) is 1.98. The summed E-state index contributed by atoms with van der Waals surface area (Å²) in [5.41, 5.74) is 2.52. The minimum Gasteiger partial charge on any atom is -0.497 e. The molecule has 0 unspecified atom stereocenters. The van der Waals surface area contributed by atoms with Crippen LogP contribution in [0.4, 0.5) is 5.82 Å². The molecule has 156 valence electrons. The number of rotatable bonds is 7. The third-order valence-electron chi connectivity index (χ3n) is 5.13. The molecule has 0 saturated carbocycles. The molecule has 3 aromatic rings. The SMILES string of the molecule is COc1ccc(Cn2nc(/C=C/C(=O)O)c3c(NC4CCOCC4)nccc32)cc1. The van der Waals surface area contributed by atoms with E-state index >= 15 is 0 Å². The molecule has 1 aliphatic heterocycles. The van der Waals surface area contributed by atoms with E-state index in [0.29, 0.717) is 18.1 Å². The lowest BCUT2D eigenvalue weighted by molar-refractivity contribution is -0.131. The van der Waals surface area contributed by atoms with E-state index in [1.165, 1.54) is 6.08 Å². The number of ether oxygens (including phenoxy) is 2. The zero-order valence-electron chi connectivity index (χ0n) is 16.7. The van der Waals surface area contributed by atoms with Crippen molar-refractivity contribution in [2.24, 2.45) is 0 Å². The Morgan fingerprint density at radius 2 is 2.07 bits per heavy atom. The van der Waals surface area contributed by atoms with Gasteiger partial charge in [0.1, 0.15) is 11.6 Å². The van der Waals surface area contributed by atoms with E-state index in [4.69, 9.17) is 14.6 Å². The van der Waals surface area contributed by atoms with Crippen LogP contribution in [0.5, 0.6) is 5.75 Å². The monoisotopic (exact) mass is 408 g/mol. The highest BCUT2D eigenvalue weighted by Gasteiger charge is 2.19. The number of carboxylic acid groups (broad SMARTS) is 1. The summed E-state index contributed by atoms with van der Waals surface area (Å²) < 4.78 is 12.5. The highest BCUT2D eigenvalue weighted by molar-refractivity contribution is 5.98. The van der Waals surface area contributed by atoms with Crippen LogP contribution >= 0.6 is 0 Å². The molecule has 0 radical (unpaired) electrons. The molecule has 0 atom stereocenters. The van der Waals surface area contributed by atoms with E-state index in [9.17, 15) is 4.79 Å². The maximum atomic E-state index is 11.1. The number of nitrogens with one attached hydrogen (secondary N) is 1. The molecule has 30 heavy (non-hydrogen) atoms. The Morgan fingerprint density at radius 3 is 2.77 bits per heavy atom. The van der Waals surface area contributed by atoms with Gasteiger partial charge >= 0.3 is 5.97 Å². The Kier molecular flexibility index (Phi) is 5.94. The first-order valence-electron chi connectivity index (χ1n) is 9.88. The third kappa shape index (κ3) is 4.44. The van der Waals surface area contributed by atoms with Gasteiger partial charge in [-0.15, -0.1) is 0 Å². The molecule has 1 aliphatic rings. The first kappa shape index (κ1) is 19.9. The summed E-state index contributed by atoms with van der Waals surface area (Å²) in [4.78, 5) is 15.6. The van der Waals surface area contributed by atoms with E-state index in [2.05, 4.69) is 15.4 Å². The van der Waals surface area contributed by atoms with Gasteiger partial charge in [-0.3, -0.25) is 4.68 Å². The Bertz CT molecular complexity index is 1050. The summed E-state index contributed by atoms with van der Waals surface area (Å²) in [6, 6.07) is 9.96. The van der Waals surface area contributed by atoms with Crippen molar-refractivity contribution >= 4 is 28.8 Å². The number of benzene rings is 1. The predicted octanol–water partition coefficient (Wildman–Crippen LogP) is 3.18. The van der Waals surface area contributed by atoms with Crippen LogP contribution in [-0.4, -0.2) is 52.2 Å². The number of methoxy groups -OCH3 is 1. The fraction of sp³-hybridized carbons (Fsp3) is 0.318. The predicted molar refractivity (Wildman–Crippen MR) is 114 cm³/mol. The molecule has 1 saturated heterocycles. The van der Waals surface area contributed by atoms with Crippen LogP contribution in [0.3, 0.4) is 0 Å². The quantitative estimate of drug-likeness (QED) is 0.579. The Balaban J connectivity index is 1.72. The normalized spacial score (nSPS) is 15.0. The average Bonchev–Trinajstić information content (AvgIpc) is 3.12. The van der Waals surface area contributed by atoms with Crippen LogP contribution in [0.25, 0.3) is 17.0 Å². The summed E-state index contributed by atoms with van der Waals surface area (Å²) in [7, 11) is 1.64. The molecule has 1 aromatic carbocycles. The summed E-state index contributed by atoms with van der Waals surface area (Å²) in [6.07, 6.45) is 6.17. The molecule has 0 spiro atoms. The lowest BCUT2D eigenvalue weighted by Gasteiger charge is -2.23. The largest absolute Gasteiger partial charge is 0.497 e. The second-order valence-electron chi connectivity index (χ2n) is 7.15. The number of aromatic nitrogens is 3. The van der Waals surface area contributed by atoms with Gasteiger partial charge in [0.05, 0.1) is 30.3 Å². The lowest BCUT2D eigenvalue weighted by Crippen LogP contribution is -2.28. The number of carboxylic acids is 1. The Morgan fingerprint density at radius 1 is 1.30 bits per heavy atom. The van der Waals surface area contributed by atoms with Crippen LogP contribution in [-0.2, 0) is 16.1 Å². The van der Waals surface area contributed by atoms with Gasteiger partial charge in [-0.1, -0.05) is 12.1 Å². The van der Waals surface area contributed by atoms with E-state index in [1.807, 2.05) is 35.0 Å². The average molecular weight is 408 g/mol. The molecular formula is C22H24N4O4. The molecule has 4 rings (SSSR count). The second kappa shape index (κ2) is 8.96. The molecule has 0 aliphatic carbocycles. The van der Waals surface area contributed by atoms with Gasteiger partial charge in [-0.2, -0.15) is 5.10 Å². The van der Waals surface area contributed by atoms with E-state index in [0.717, 1.165) is 54.3 Å². The van der Waals surface area contributed by atoms with Crippen molar-refractivity contribution in [2.75, 3.05) is 25.6 Å². The number of aliphatic carboxylic acids is 1. The third-order valence-corrected chi connectivity index (χ3v) is 5.13. The number of pyridine rings is 1. The van der Waals surface area contributed by atoms with E-state index in [-0.39, 0.29) is 6.04 Å². The molecule has 0 bridgehead atoms. The fourth-order valence-corrected chi connectivity index (χ4v) is 3.59. The summed E-state index contributed by atoms with van der Waals surface area (Å²) in [5, 5.41) is 18.1. The van der Waals surface area contributed by atoms with Crippen molar-refractivity contribution in [3.8, 4) is 5.75 Å². The maximum Gasteiger partial charge on any atom is 0.328 e. The molecule has 2 aromatic heterocycles. The van der Waals surface area contributed by atoms with Gasteiger partial charge < -0.3 is 19.9 Å². The number of nitrogens with zero attached hydrogens (tertiary/aromatic N) is 3. The van der Waals surface area contributed by atoms with E-state index < -0.39 is 5.97 Å². The van der Waals surface area contributed by atoms with Gasteiger partial charge in [-0.05, 0) is 42.7 Å².